The number of nitrogens with zero attached hydrogens (tertiary/aromatic N) is 2. The lowest BCUT2D eigenvalue weighted by Gasteiger charge is -2.43. The summed E-state index contributed by atoms with van der Waals surface area (Å²) in [4.78, 5) is 0. The van der Waals surface area contributed by atoms with Gasteiger partial charge in [-0.05, 0) is 52.4 Å². The summed E-state index contributed by atoms with van der Waals surface area (Å²) in [6.45, 7) is 0. The quantitative estimate of drug-likeness (QED) is 0.191. The second-order valence-electron chi connectivity index (χ2n) is 11.9. The molecule has 3 heterocycles. The van der Waals surface area contributed by atoms with Gasteiger partial charge in [0.1, 0.15) is 0 Å². The minimum absolute atomic E-state index is 0.205. The van der Waals surface area contributed by atoms with Gasteiger partial charge < -0.3 is 0 Å². The van der Waals surface area contributed by atoms with Crippen LogP contribution in [0.1, 0.15) is 46.5 Å². The van der Waals surface area contributed by atoms with Crippen molar-refractivity contribution in [1.29, 1.82) is 0 Å². The highest BCUT2D eigenvalue weighted by Gasteiger charge is 2.52. The molecule has 2 nitrogen and oxygen atoms in total. The number of hydrogen-bond donors (Lipinski definition) is 0. The fraction of sp³-hybridized carbons (Fsp3) is 0.0732. The molecule has 0 radical (unpaired) electrons. The second-order valence-corrected chi connectivity index (χ2v) is 13.5. The third-order valence-electron chi connectivity index (χ3n) is 9.36. The van der Waals surface area contributed by atoms with Gasteiger partial charge in [-0.25, -0.2) is 3.97 Å². The normalized spacial score (nSPS) is 19.6. The summed E-state index contributed by atoms with van der Waals surface area (Å²) in [6.07, 6.45) is 10.8. The highest BCUT2D eigenvalue weighted by Crippen LogP contribution is 2.71. The largest absolute Gasteiger partial charge is 0.257 e. The summed E-state index contributed by atoms with van der Waals surface area (Å²) in [7, 11) is 0. The molecular weight excluding hydrogens is 591 g/mol. The molecule has 0 fully saturated rings. The molecule has 0 bridgehead atoms. The van der Waals surface area contributed by atoms with Gasteiger partial charge in [-0.3, -0.25) is 4.31 Å². The molecule has 2 unspecified atom stereocenters. The first-order valence-corrected chi connectivity index (χ1v) is 16.8. The van der Waals surface area contributed by atoms with Crippen molar-refractivity contribution in [2.45, 2.75) is 18.4 Å². The maximum Gasteiger partial charge on any atom is 0.235 e. The number of fused-ring (bicyclic) bond motifs is 6. The van der Waals surface area contributed by atoms with Gasteiger partial charge in [0, 0.05) is 27.8 Å². The van der Waals surface area contributed by atoms with Crippen molar-refractivity contribution in [3.63, 3.8) is 0 Å². The number of benzene rings is 4. The Kier molecular flexibility index (Phi) is 6.10. The number of aromatic nitrogens is 1. The highest BCUT2D eigenvalue weighted by atomic mass is 32.3. The molecule has 46 heavy (non-hydrogen) atoms. The van der Waals surface area contributed by atoms with E-state index in [4.69, 9.17) is 0 Å². The highest BCUT2D eigenvalue weighted by molar-refractivity contribution is 8.22. The molecule has 2 atom stereocenters. The standard InChI is InChI=1S/C41H28F2N2S/c42-46(43)44-36(34-25-13-23-32(28-15-5-1-6-16-28)38(34)40(44)30-19-9-3-10-20-30)27-37-35-26-14-24-33(29-17-7-2-8-18-29)39(35)41(45(37)46)31-21-11-4-12-22-31/h1-7,9-17,19-21,23-27,31,40H,22H2. The van der Waals surface area contributed by atoms with Crippen LogP contribution in [0.2, 0.25) is 0 Å². The van der Waals surface area contributed by atoms with Crippen molar-refractivity contribution in [3.8, 4) is 22.3 Å². The van der Waals surface area contributed by atoms with Crippen LogP contribution in [0, 0.1) is 12.1 Å². The van der Waals surface area contributed by atoms with E-state index in [1.54, 1.807) is 0 Å². The molecule has 0 saturated carbocycles. The number of allylic oxidation sites excluding steroid dienone is 4. The van der Waals surface area contributed by atoms with Crippen molar-refractivity contribution < 1.29 is 7.77 Å². The zero-order valence-electron chi connectivity index (χ0n) is 24.8. The van der Waals surface area contributed by atoms with Gasteiger partial charge in [-0.15, -0.1) is 7.77 Å². The van der Waals surface area contributed by atoms with Crippen molar-refractivity contribution in [2.24, 2.45) is 0 Å². The van der Waals surface area contributed by atoms with Gasteiger partial charge in [0.25, 0.3) is 0 Å². The fourth-order valence-corrected chi connectivity index (χ4v) is 9.37. The van der Waals surface area contributed by atoms with E-state index in [0.717, 1.165) is 49.7 Å². The predicted octanol–water partition coefficient (Wildman–Crippen LogP) is 11.3. The smallest absolute Gasteiger partial charge is 0.235 e. The van der Waals surface area contributed by atoms with E-state index in [-0.39, 0.29) is 5.92 Å². The Morgan fingerprint density at radius 2 is 1.50 bits per heavy atom. The van der Waals surface area contributed by atoms with Crippen LogP contribution in [-0.2, 0) is 0 Å². The number of hydrogen-bond acceptors (Lipinski definition) is 1. The zero-order chi connectivity index (χ0) is 30.8. The molecule has 6 aromatic rings. The Morgan fingerprint density at radius 1 is 0.739 bits per heavy atom. The Balaban J connectivity index is 1.38. The molecule has 0 spiro atoms. The molecule has 3 aliphatic rings. The van der Waals surface area contributed by atoms with Gasteiger partial charge in [0.15, 0.2) is 0 Å². The molecule has 0 amide bonds. The molecule has 5 aromatic carbocycles. The lowest BCUT2D eigenvalue weighted by Crippen LogP contribution is -2.30. The fourth-order valence-electron chi connectivity index (χ4n) is 7.48. The van der Waals surface area contributed by atoms with E-state index in [2.05, 4.69) is 42.5 Å². The SMILES string of the molecule is FS1(F)N2C(=Cc3c4cccc(-c5c#cccc5)c4c(C4C=CC=CC4)n31)c1cccc(-c3ccccc3)c1C2c1ccccc1. The molecule has 1 aliphatic carbocycles. The Morgan fingerprint density at radius 3 is 2.26 bits per heavy atom. The lowest BCUT2D eigenvalue weighted by molar-refractivity contribution is 0.483. The predicted molar refractivity (Wildman–Crippen MR) is 186 cm³/mol. The van der Waals surface area contributed by atoms with Gasteiger partial charge in [-0.1, -0.05) is 140 Å². The van der Waals surface area contributed by atoms with Crippen molar-refractivity contribution >= 4 is 33.7 Å². The summed E-state index contributed by atoms with van der Waals surface area (Å²) in [5, 5.41) is 1.69. The molecule has 9 rings (SSSR count). The van der Waals surface area contributed by atoms with Crippen LogP contribution in [0.3, 0.4) is 0 Å². The van der Waals surface area contributed by atoms with Crippen LogP contribution in [0.15, 0.2) is 140 Å². The average Bonchev–Trinajstić information content (AvgIpc) is 3.65. The first-order chi connectivity index (χ1) is 22.6. The van der Waals surface area contributed by atoms with Crippen LogP contribution in [0.4, 0.5) is 7.77 Å². The van der Waals surface area contributed by atoms with Crippen LogP contribution < -0.4 is 0 Å². The van der Waals surface area contributed by atoms with Gasteiger partial charge in [-0.2, -0.15) is 0 Å². The second kappa shape index (κ2) is 10.4. The molecule has 1 aromatic heterocycles. The van der Waals surface area contributed by atoms with E-state index >= 15 is 7.77 Å². The zero-order valence-corrected chi connectivity index (χ0v) is 25.6. The minimum Gasteiger partial charge on any atom is -0.257 e. The van der Waals surface area contributed by atoms with Gasteiger partial charge in [0.2, 0.25) is 11.2 Å². The molecule has 222 valence electrons. The van der Waals surface area contributed by atoms with Crippen molar-refractivity contribution in [3.05, 3.63) is 180 Å². The molecule has 0 saturated heterocycles. The summed E-state index contributed by atoms with van der Waals surface area (Å²) < 4.78 is 39.0. The average molecular weight is 619 g/mol. The van der Waals surface area contributed by atoms with Crippen LogP contribution in [0.25, 0.3) is 44.8 Å². The maximum absolute atomic E-state index is 18.1. The third kappa shape index (κ3) is 3.90. The Hall–Kier alpha value is -5.31. The van der Waals surface area contributed by atoms with E-state index in [9.17, 15) is 0 Å². The van der Waals surface area contributed by atoms with Gasteiger partial charge in [0.05, 0.1) is 23.1 Å². The van der Waals surface area contributed by atoms with E-state index in [1.807, 2.05) is 115 Å². The first kappa shape index (κ1) is 27.0. The van der Waals surface area contributed by atoms with Crippen LogP contribution in [0.5, 0.6) is 0 Å². The minimum atomic E-state index is -4.62. The molecular formula is C41H28F2N2S. The van der Waals surface area contributed by atoms with E-state index in [1.165, 1.54) is 8.28 Å². The number of halogens is 2. The van der Waals surface area contributed by atoms with Gasteiger partial charge >= 0.3 is 0 Å². The topological polar surface area (TPSA) is 8.17 Å². The summed E-state index contributed by atoms with van der Waals surface area (Å²) >= 11 is -4.62. The van der Waals surface area contributed by atoms with Crippen LogP contribution in [-0.4, -0.2) is 8.28 Å². The monoisotopic (exact) mass is 618 g/mol. The van der Waals surface area contributed by atoms with E-state index in [0.29, 0.717) is 23.5 Å². The summed E-state index contributed by atoms with van der Waals surface area (Å²) in [6, 6.07) is 43.3. The van der Waals surface area contributed by atoms with Crippen LogP contribution >= 0.6 is 11.2 Å². The maximum atomic E-state index is 18.1. The van der Waals surface area contributed by atoms with Crippen molar-refractivity contribution in [2.75, 3.05) is 0 Å². The Bertz CT molecular complexity index is 2220. The molecule has 2 aliphatic heterocycles. The van der Waals surface area contributed by atoms with E-state index < -0.39 is 17.2 Å². The number of rotatable bonds is 4. The summed E-state index contributed by atoms with van der Waals surface area (Å²) in [5.41, 5.74) is 8.15. The Labute approximate surface area is 269 Å². The lowest BCUT2D eigenvalue weighted by atomic mass is 9.90. The summed E-state index contributed by atoms with van der Waals surface area (Å²) in [5.74, 6) is -0.205. The molecule has 0 N–H and O–H groups in total. The molecule has 5 heteroatoms. The first-order valence-electron chi connectivity index (χ1n) is 15.5. The van der Waals surface area contributed by atoms with Crippen molar-refractivity contribution in [1.82, 2.24) is 8.28 Å². The third-order valence-corrected chi connectivity index (χ3v) is 11.1.